The standard InChI is InChI=1S/C22H18Br2ClN3O3/c1-4-6-18-27-16-8-7-14(23)11-15(16)22(29)28(18)26-12-13-10-17(30-3)21(31-9-5-2)20(25)19(13)24/h2,7-8,10-12H,4,6,9H2,1,3H3. The maximum absolute atomic E-state index is 13.1. The number of fused-ring (bicyclic) bond motifs is 1. The van der Waals surface area contributed by atoms with E-state index in [4.69, 9.17) is 27.5 Å². The van der Waals surface area contributed by atoms with E-state index in [1.165, 1.54) is 18.0 Å². The third-order valence-corrected chi connectivity index (χ3v) is 6.27. The number of halogens is 3. The maximum Gasteiger partial charge on any atom is 0.282 e. The molecule has 0 amide bonds. The van der Waals surface area contributed by atoms with Crippen molar-refractivity contribution in [3.63, 3.8) is 0 Å². The van der Waals surface area contributed by atoms with Crippen molar-refractivity contribution in [1.29, 1.82) is 0 Å². The van der Waals surface area contributed by atoms with Gasteiger partial charge in [-0.3, -0.25) is 4.79 Å². The summed E-state index contributed by atoms with van der Waals surface area (Å²) in [7, 11) is 1.50. The molecule has 160 valence electrons. The molecule has 0 fully saturated rings. The predicted octanol–water partition coefficient (Wildman–Crippen LogP) is 5.43. The van der Waals surface area contributed by atoms with Gasteiger partial charge in [-0.05, 0) is 46.6 Å². The van der Waals surface area contributed by atoms with E-state index in [1.54, 1.807) is 12.1 Å². The highest BCUT2D eigenvalue weighted by Crippen LogP contribution is 2.42. The Kier molecular flexibility index (Phi) is 7.76. The van der Waals surface area contributed by atoms with Gasteiger partial charge < -0.3 is 9.47 Å². The zero-order valence-corrected chi connectivity index (χ0v) is 20.7. The van der Waals surface area contributed by atoms with Crippen molar-refractivity contribution < 1.29 is 9.47 Å². The van der Waals surface area contributed by atoms with E-state index < -0.39 is 0 Å². The Balaban J connectivity index is 2.14. The second-order valence-corrected chi connectivity index (χ2v) is 8.51. The van der Waals surface area contributed by atoms with Gasteiger partial charge >= 0.3 is 0 Å². The molecule has 0 radical (unpaired) electrons. The van der Waals surface area contributed by atoms with E-state index in [0.29, 0.717) is 44.7 Å². The molecule has 1 aromatic heterocycles. The fraction of sp³-hybridized carbons (Fsp3) is 0.227. The minimum absolute atomic E-state index is 0.0457. The predicted molar refractivity (Wildman–Crippen MR) is 131 cm³/mol. The van der Waals surface area contributed by atoms with Crippen molar-refractivity contribution in [3.8, 4) is 23.8 Å². The first-order valence-corrected chi connectivity index (χ1v) is 11.2. The van der Waals surface area contributed by atoms with Crippen LogP contribution in [0.4, 0.5) is 0 Å². The molecule has 2 aromatic carbocycles. The van der Waals surface area contributed by atoms with Gasteiger partial charge in [0.05, 0.1) is 24.2 Å². The zero-order chi connectivity index (χ0) is 22.5. The molecule has 6 nitrogen and oxygen atoms in total. The summed E-state index contributed by atoms with van der Waals surface area (Å²) in [5.74, 6) is 3.68. The number of methoxy groups -OCH3 is 1. The van der Waals surface area contributed by atoms with Crippen LogP contribution in [-0.2, 0) is 6.42 Å². The Morgan fingerprint density at radius 3 is 2.81 bits per heavy atom. The van der Waals surface area contributed by atoms with Crippen LogP contribution in [0.25, 0.3) is 10.9 Å². The van der Waals surface area contributed by atoms with Gasteiger partial charge in [-0.1, -0.05) is 40.4 Å². The highest BCUT2D eigenvalue weighted by Gasteiger charge is 2.17. The van der Waals surface area contributed by atoms with Crippen molar-refractivity contribution >= 4 is 60.6 Å². The number of hydrogen-bond donors (Lipinski definition) is 0. The molecule has 0 bridgehead atoms. The average molecular weight is 568 g/mol. The Morgan fingerprint density at radius 1 is 1.35 bits per heavy atom. The van der Waals surface area contributed by atoms with Crippen LogP contribution in [0.15, 0.2) is 43.1 Å². The number of nitrogens with zero attached hydrogens (tertiary/aromatic N) is 3. The molecule has 0 saturated carbocycles. The first kappa shape index (κ1) is 23.3. The summed E-state index contributed by atoms with van der Waals surface area (Å²) < 4.78 is 13.5. The van der Waals surface area contributed by atoms with E-state index in [9.17, 15) is 4.79 Å². The van der Waals surface area contributed by atoms with Gasteiger partial charge in [-0.2, -0.15) is 9.78 Å². The van der Waals surface area contributed by atoms with Crippen LogP contribution in [0, 0.1) is 12.3 Å². The van der Waals surface area contributed by atoms with Crippen molar-refractivity contribution in [2.75, 3.05) is 13.7 Å². The molecule has 1 heterocycles. The summed E-state index contributed by atoms with van der Waals surface area (Å²) in [6, 6.07) is 7.10. The van der Waals surface area contributed by atoms with Crippen molar-refractivity contribution in [2.24, 2.45) is 5.10 Å². The lowest BCUT2D eigenvalue weighted by Gasteiger charge is -2.14. The summed E-state index contributed by atoms with van der Waals surface area (Å²) in [5, 5.41) is 5.19. The molecule has 9 heteroatoms. The molecule has 0 aliphatic carbocycles. The van der Waals surface area contributed by atoms with E-state index >= 15 is 0 Å². The number of aromatic nitrogens is 2. The number of terminal acetylenes is 1. The molecule has 0 unspecified atom stereocenters. The van der Waals surface area contributed by atoms with Crippen LogP contribution in [0.2, 0.25) is 5.02 Å². The van der Waals surface area contributed by atoms with Crippen LogP contribution >= 0.6 is 43.5 Å². The van der Waals surface area contributed by atoms with Gasteiger partial charge in [-0.15, -0.1) is 6.42 Å². The van der Waals surface area contributed by atoms with Gasteiger partial charge in [0.1, 0.15) is 17.5 Å². The second kappa shape index (κ2) is 10.3. The quantitative estimate of drug-likeness (QED) is 0.282. The summed E-state index contributed by atoms with van der Waals surface area (Å²) in [6.45, 7) is 2.06. The van der Waals surface area contributed by atoms with Crippen LogP contribution in [0.5, 0.6) is 11.5 Å². The molecular formula is C22H18Br2ClN3O3. The third kappa shape index (κ3) is 4.95. The maximum atomic E-state index is 13.1. The molecule has 0 spiro atoms. The first-order valence-electron chi connectivity index (χ1n) is 9.29. The fourth-order valence-corrected chi connectivity index (χ4v) is 3.93. The molecule has 0 aliphatic rings. The van der Waals surface area contributed by atoms with Crippen LogP contribution in [-0.4, -0.2) is 29.6 Å². The fourth-order valence-electron chi connectivity index (χ4n) is 2.92. The Hall–Kier alpha value is -2.34. The van der Waals surface area contributed by atoms with Gasteiger partial charge in [0.15, 0.2) is 11.5 Å². The highest BCUT2D eigenvalue weighted by molar-refractivity contribution is 9.10. The summed E-state index contributed by atoms with van der Waals surface area (Å²) in [6.07, 6.45) is 8.20. The third-order valence-electron chi connectivity index (χ3n) is 4.34. The first-order chi connectivity index (χ1) is 14.9. The second-order valence-electron chi connectivity index (χ2n) is 6.42. The number of rotatable bonds is 7. The van der Waals surface area contributed by atoms with Crippen molar-refractivity contribution in [1.82, 2.24) is 9.66 Å². The van der Waals surface area contributed by atoms with Gasteiger partial charge in [0, 0.05) is 20.9 Å². The molecule has 0 N–H and O–H groups in total. The van der Waals surface area contributed by atoms with E-state index in [2.05, 4.69) is 47.9 Å². The Labute approximate surface area is 201 Å². The zero-order valence-electron chi connectivity index (χ0n) is 16.8. The monoisotopic (exact) mass is 565 g/mol. The minimum Gasteiger partial charge on any atom is -0.493 e. The SMILES string of the molecule is C#CCOc1c(OC)cc(C=Nn2c(CCC)nc3ccc(Br)cc3c2=O)c(Br)c1Cl. The molecule has 0 aliphatic heterocycles. The van der Waals surface area contributed by atoms with Gasteiger partial charge in [0.25, 0.3) is 5.56 Å². The van der Waals surface area contributed by atoms with E-state index in [0.717, 1.165) is 10.9 Å². The van der Waals surface area contributed by atoms with Crippen LogP contribution in [0.1, 0.15) is 24.7 Å². The minimum atomic E-state index is -0.255. The number of aryl methyl sites for hydroxylation is 1. The molecular weight excluding hydrogens is 550 g/mol. The lowest BCUT2D eigenvalue weighted by atomic mass is 10.2. The largest absolute Gasteiger partial charge is 0.493 e. The number of benzene rings is 2. The molecule has 3 aromatic rings. The summed E-state index contributed by atoms with van der Waals surface area (Å²) in [4.78, 5) is 17.8. The van der Waals surface area contributed by atoms with E-state index in [1.807, 2.05) is 19.1 Å². The molecule has 31 heavy (non-hydrogen) atoms. The topological polar surface area (TPSA) is 65.7 Å². The smallest absolute Gasteiger partial charge is 0.282 e. The molecule has 3 rings (SSSR count). The lowest BCUT2D eigenvalue weighted by Crippen LogP contribution is -2.22. The molecule has 0 atom stereocenters. The van der Waals surface area contributed by atoms with Gasteiger partial charge in [0.2, 0.25) is 0 Å². The van der Waals surface area contributed by atoms with Crippen LogP contribution in [0.3, 0.4) is 0 Å². The summed E-state index contributed by atoms with van der Waals surface area (Å²) >= 11 is 13.3. The van der Waals surface area contributed by atoms with Crippen molar-refractivity contribution in [3.05, 3.63) is 60.0 Å². The number of ether oxygens (including phenoxy) is 2. The normalized spacial score (nSPS) is 11.1. The van der Waals surface area contributed by atoms with Crippen LogP contribution < -0.4 is 15.0 Å². The Morgan fingerprint density at radius 2 is 2.13 bits per heavy atom. The summed E-state index contributed by atoms with van der Waals surface area (Å²) in [5.41, 5.74) is 0.969. The van der Waals surface area contributed by atoms with E-state index in [-0.39, 0.29) is 17.2 Å². The van der Waals surface area contributed by atoms with Gasteiger partial charge in [-0.25, -0.2) is 4.98 Å². The average Bonchev–Trinajstić information content (AvgIpc) is 2.76. The highest BCUT2D eigenvalue weighted by atomic mass is 79.9. The Bertz CT molecular complexity index is 1270. The lowest BCUT2D eigenvalue weighted by molar-refractivity contribution is 0.331. The number of hydrogen-bond acceptors (Lipinski definition) is 5. The molecule has 0 saturated heterocycles. The van der Waals surface area contributed by atoms with Crippen molar-refractivity contribution in [2.45, 2.75) is 19.8 Å².